The van der Waals surface area contributed by atoms with Crippen LogP contribution in [0.25, 0.3) is 11.1 Å². The van der Waals surface area contributed by atoms with Gasteiger partial charge in [-0.25, -0.2) is 0 Å². The fourth-order valence-electron chi connectivity index (χ4n) is 5.19. The van der Waals surface area contributed by atoms with E-state index in [1.54, 1.807) is 12.1 Å². The van der Waals surface area contributed by atoms with Crippen molar-refractivity contribution in [2.45, 2.75) is 18.9 Å². The van der Waals surface area contributed by atoms with Crippen molar-refractivity contribution in [1.29, 1.82) is 0 Å². The second-order valence-electron chi connectivity index (χ2n) is 11.1. The first kappa shape index (κ1) is 28.5. The summed E-state index contributed by atoms with van der Waals surface area (Å²) in [6.07, 6.45) is 1.94. The van der Waals surface area contributed by atoms with Crippen LogP contribution in [0.5, 0.6) is 17.2 Å². The van der Waals surface area contributed by atoms with Crippen molar-refractivity contribution >= 4 is 23.2 Å². The van der Waals surface area contributed by atoms with E-state index in [2.05, 4.69) is 56.6 Å². The van der Waals surface area contributed by atoms with Crippen molar-refractivity contribution in [2.24, 2.45) is 0 Å². The van der Waals surface area contributed by atoms with Gasteiger partial charge in [-0.05, 0) is 54.3 Å². The van der Waals surface area contributed by atoms with Crippen molar-refractivity contribution in [3.8, 4) is 28.4 Å². The predicted octanol–water partition coefficient (Wildman–Crippen LogP) is 4.22. The molecule has 0 aromatic heterocycles. The lowest BCUT2D eigenvalue weighted by molar-refractivity contribution is -0.869. The van der Waals surface area contributed by atoms with Gasteiger partial charge in [0.05, 0.1) is 57.6 Å². The molecule has 8 nitrogen and oxygen atoms in total. The van der Waals surface area contributed by atoms with Crippen LogP contribution in [-0.2, 0) is 12.8 Å². The molecule has 3 aromatic rings. The van der Waals surface area contributed by atoms with E-state index in [4.69, 9.17) is 22.1 Å². The Morgan fingerprint density at radius 2 is 1.92 bits per heavy atom. The molecule has 5 rings (SSSR count). The van der Waals surface area contributed by atoms with Gasteiger partial charge in [0.1, 0.15) is 5.75 Å². The van der Waals surface area contributed by atoms with Crippen LogP contribution in [0.15, 0.2) is 42.5 Å². The first-order valence-corrected chi connectivity index (χ1v) is 13.4. The third-order valence-electron chi connectivity index (χ3n) is 7.35. The standard InChI is InChI=1S/C17H17NO2.C13H20ClN3O2/c1-18-8-7-10-3-2-4-12-15(10)13(18)9-11-5-6-14(19)17(20)16(11)12;1-17(2,3)6-5-16-13(18)9-7-10(14)11(15)8-12(9)19-4/h2-6,13,19-20H,7-9H2,1H3;7-8H,5-6H2,1-4H3,(H2-,15,16,18)/p+1/t13-;/m1./s1. The summed E-state index contributed by atoms with van der Waals surface area (Å²) in [6.45, 7) is 2.48. The second kappa shape index (κ2) is 11.3. The molecule has 0 fully saturated rings. The van der Waals surface area contributed by atoms with Crippen LogP contribution in [0.2, 0.25) is 5.02 Å². The number of hydrogen-bond acceptors (Lipinski definition) is 6. The SMILES string of the molecule is CN1CCc2cccc3c2[C@H]1Cc1ccc(O)c(O)c1-3.COc1cc(N)c(Cl)cc1C(=O)NCC[N+](C)(C)C. The molecule has 0 saturated heterocycles. The van der Waals surface area contributed by atoms with Gasteiger partial charge < -0.3 is 30.5 Å². The summed E-state index contributed by atoms with van der Waals surface area (Å²) in [7, 11) is 9.84. The summed E-state index contributed by atoms with van der Waals surface area (Å²) in [5.74, 6) is 0.184. The number of quaternary nitrogens is 1. The summed E-state index contributed by atoms with van der Waals surface area (Å²) in [5.41, 5.74) is 12.2. The lowest BCUT2D eigenvalue weighted by Crippen LogP contribution is -2.41. The van der Waals surface area contributed by atoms with Gasteiger partial charge >= 0.3 is 0 Å². The van der Waals surface area contributed by atoms with E-state index in [0.717, 1.165) is 47.1 Å². The van der Waals surface area contributed by atoms with E-state index in [1.807, 2.05) is 6.07 Å². The number of methoxy groups -OCH3 is 1. The number of likely N-dealkylation sites (N-methyl/N-ethyl adjacent to an activating group) is 2. The zero-order valence-electron chi connectivity index (χ0n) is 23.2. The molecule has 0 radical (unpaired) electrons. The van der Waals surface area contributed by atoms with Crippen molar-refractivity contribution in [2.75, 3.05) is 60.7 Å². The van der Waals surface area contributed by atoms with E-state index >= 15 is 0 Å². The van der Waals surface area contributed by atoms with Gasteiger partial charge in [0.2, 0.25) is 0 Å². The predicted molar refractivity (Wildman–Crippen MR) is 156 cm³/mol. The number of halogens is 1. The number of nitrogens with zero attached hydrogens (tertiary/aromatic N) is 2. The fraction of sp³-hybridized carbons (Fsp3) is 0.367. The van der Waals surface area contributed by atoms with Crippen LogP contribution in [0.1, 0.15) is 33.1 Å². The number of hydrogen-bond donors (Lipinski definition) is 4. The van der Waals surface area contributed by atoms with Gasteiger partial charge in [0.15, 0.2) is 11.5 Å². The van der Waals surface area contributed by atoms with Crippen LogP contribution in [0, 0.1) is 0 Å². The number of nitrogens with two attached hydrogens (primary N) is 1. The minimum Gasteiger partial charge on any atom is -0.504 e. The molecule has 0 unspecified atom stereocenters. The van der Waals surface area contributed by atoms with Crippen LogP contribution in [-0.4, -0.2) is 80.4 Å². The van der Waals surface area contributed by atoms with Crippen LogP contribution >= 0.6 is 11.6 Å². The molecule has 1 aliphatic carbocycles. The Kier molecular flexibility index (Phi) is 8.30. The molecular formula is C30H38ClN4O4+. The van der Waals surface area contributed by atoms with E-state index < -0.39 is 0 Å². The van der Waals surface area contributed by atoms with Crippen LogP contribution in [0.3, 0.4) is 0 Å². The minimum absolute atomic E-state index is 0.0163. The second-order valence-corrected chi connectivity index (χ2v) is 11.5. The van der Waals surface area contributed by atoms with Crippen molar-refractivity contribution in [1.82, 2.24) is 10.2 Å². The Hall–Kier alpha value is -3.46. The number of amides is 1. The molecule has 1 amide bonds. The van der Waals surface area contributed by atoms with E-state index in [-0.39, 0.29) is 17.4 Å². The van der Waals surface area contributed by atoms with Gasteiger partial charge in [-0.1, -0.05) is 35.9 Å². The monoisotopic (exact) mass is 553 g/mol. The van der Waals surface area contributed by atoms with Crippen molar-refractivity contribution in [3.63, 3.8) is 0 Å². The lowest BCUT2D eigenvalue weighted by Gasteiger charge is -2.39. The molecule has 9 heteroatoms. The van der Waals surface area contributed by atoms with Gasteiger partial charge in [-0.15, -0.1) is 0 Å². The maximum absolute atomic E-state index is 12.1. The number of phenolic OH excluding ortho intramolecular Hbond substituents is 2. The average molecular weight is 554 g/mol. The molecule has 39 heavy (non-hydrogen) atoms. The number of rotatable bonds is 5. The first-order chi connectivity index (χ1) is 18.4. The maximum atomic E-state index is 12.1. The highest BCUT2D eigenvalue weighted by Crippen LogP contribution is 2.49. The normalized spacial score (nSPS) is 15.9. The molecule has 0 saturated carbocycles. The van der Waals surface area contributed by atoms with E-state index in [0.29, 0.717) is 34.6 Å². The largest absolute Gasteiger partial charge is 0.504 e. The van der Waals surface area contributed by atoms with Gasteiger partial charge in [-0.3, -0.25) is 9.69 Å². The summed E-state index contributed by atoms with van der Waals surface area (Å²) >= 11 is 5.93. The fourth-order valence-corrected chi connectivity index (χ4v) is 5.35. The molecule has 0 bridgehead atoms. The quantitative estimate of drug-likeness (QED) is 0.214. The number of benzene rings is 3. The lowest BCUT2D eigenvalue weighted by atomic mass is 9.77. The Morgan fingerprint density at radius 1 is 1.18 bits per heavy atom. The van der Waals surface area contributed by atoms with Gasteiger partial charge in [-0.2, -0.15) is 0 Å². The molecule has 3 aromatic carbocycles. The van der Waals surface area contributed by atoms with Crippen LogP contribution < -0.4 is 15.8 Å². The molecule has 1 atom stereocenters. The summed E-state index contributed by atoms with van der Waals surface area (Å²) in [5, 5.41) is 23.2. The Bertz CT molecular complexity index is 1390. The van der Waals surface area contributed by atoms with E-state index in [9.17, 15) is 15.0 Å². The highest BCUT2D eigenvalue weighted by atomic mass is 35.5. The number of phenols is 2. The number of ether oxygens (including phenoxy) is 1. The van der Waals surface area contributed by atoms with Gasteiger partial charge in [0, 0.05) is 24.2 Å². The molecule has 2 aliphatic rings. The highest BCUT2D eigenvalue weighted by Gasteiger charge is 2.34. The number of carbonyl (C=O) groups excluding carboxylic acids is 1. The summed E-state index contributed by atoms with van der Waals surface area (Å²) in [6, 6.07) is 13.3. The Morgan fingerprint density at radius 3 is 2.62 bits per heavy atom. The first-order valence-electron chi connectivity index (χ1n) is 13.0. The summed E-state index contributed by atoms with van der Waals surface area (Å²) in [4.78, 5) is 14.5. The number of nitrogens with one attached hydrogen (secondary N) is 1. The number of nitrogen functional groups attached to an aromatic ring is 1. The number of carbonyl (C=O) groups is 1. The molecule has 0 spiro atoms. The van der Waals surface area contributed by atoms with Gasteiger partial charge in [0.25, 0.3) is 5.91 Å². The maximum Gasteiger partial charge on any atom is 0.255 e. The Labute approximate surface area is 235 Å². The smallest absolute Gasteiger partial charge is 0.255 e. The third kappa shape index (κ3) is 6.08. The number of anilines is 1. The van der Waals surface area contributed by atoms with Crippen molar-refractivity contribution < 1.29 is 24.2 Å². The number of fused-ring (bicyclic) bond motifs is 2. The molecule has 208 valence electrons. The Balaban J connectivity index is 0.000000181. The number of aromatic hydroxyl groups is 2. The average Bonchev–Trinajstić information content (AvgIpc) is 2.89. The molecule has 5 N–H and O–H groups in total. The third-order valence-corrected chi connectivity index (χ3v) is 7.68. The van der Waals surface area contributed by atoms with E-state index in [1.165, 1.54) is 24.3 Å². The minimum atomic E-state index is -0.216. The zero-order valence-corrected chi connectivity index (χ0v) is 24.0. The summed E-state index contributed by atoms with van der Waals surface area (Å²) < 4.78 is 5.92. The van der Waals surface area contributed by atoms with Crippen molar-refractivity contribution in [3.05, 3.63) is 69.7 Å². The molecule has 1 aliphatic heterocycles. The highest BCUT2D eigenvalue weighted by molar-refractivity contribution is 6.33. The van der Waals surface area contributed by atoms with Crippen LogP contribution in [0.4, 0.5) is 5.69 Å². The molecule has 1 heterocycles. The molecular weight excluding hydrogens is 516 g/mol. The topological polar surface area (TPSA) is 108 Å². The zero-order chi connectivity index (χ0) is 28.5.